The maximum absolute atomic E-state index is 12.4. The number of nitrogens with one attached hydrogen (secondary N) is 1. The smallest absolute Gasteiger partial charge is 0.475 e. The van der Waals surface area contributed by atoms with Crippen LogP contribution in [0.4, 0.5) is 18.9 Å². The van der Waals surface area contributed by atoms with E-state index in [9.17, 15) is 18.0 Å². The van der Waals surface area contributed by atoms with E-state index in [0.717, 1.165) is 17.7 Å². The Morgan fingerprint density at radius 3 is 2.22 bits per heavy atom. The molecule has 1 amide bonds. The number of halogens is 3. The third-order valence-electron chi connectivity index (χ3n) is 4.83. The molecular weight excluding hydrogens is 475 g/mol. The molecule has 0 heterocycles. The highest BCUT2D eigenvalue weighted by Gasteiger charge is 2.38. The van der Waals surface area contributed by atoms with Crippen LogP contribution in [0.5, 0.6) is 0 Å². The molecule has 188 valence electrons. The largest absolute Gasteiger partial charge is 0.490 e. The predicted octanol–water partition coefficient (Wildman–Crippen LogP) is 4.53. The molecular formula is C26H24F3N3O4. The van der Waals surface area contributed by atoms with Gasteiger partial charge in [-0.3, -0.25) is 9.69 Å². The summed E-state index contributed by atoms with van der Waals surface area (Å²) >= 11 is 0. The number of carbonyl (C=O) groups is 2. The number of anilines is 1. The summed E-state index contributed by atoms with van der Waals surface area (Å²) in [6.45, 7) is 1.55. The molecule has 3 rings (SSSR count). The standard InChI is InChI=1S/C24H23N3O2.C2HF3O2/c1-27(12-13-28)17-19-5-3-6-21(15-19)20-8-10-23(11-9-20)26-24(29)22-7-2-4-18(14-22)16-25;3-2(4,5)1(6)7/h2-11,14-15,28H,12-13,17H2,1H3,(H,26,29);(H,6,7). The van der Waals surface area contributed by atoms with Crippen molar-refractivity contribution in [1.29, 1.82) is 5.26 Å². The number of aliphatic hydroxyl groups excluding tert-OH is 1. The minimum absolute atomic E-state index is 0.143. The minimum atomic E-state index is -5.08. The topological polar surface area (TPSA) is 114 Å². The Morgan fingerprint density at radius 2 is 1.64 bits per heavy atom. The zero-order valence-electron chi connectivity index (χ0n) is 19.3. The van der Waals surface area contributed by atoms with E-state index in [1.165, 1.54) is 5.56 Å². The summed E-state index contributed by atoms with van der Waals surface area (Å²) in [5.41, 5.74) is 4.93. The summed E-state index contributed by atoms with van der Waals surface area (Å²) in [7, 11) is 1.98. The van der Waals surface area contributed by atoms with Gasteiger partial charge in [0.15, 0.2) is 0 Å². The second kappa shape index (κ2) is 13.0. The molecule has 0 aromatic heterocycles. The molecule has 7 nitrogen and oxygen atoms in total. The summed E-state index contributed by atoms with van der Waals surface area (Å²) < 4.78 is 31.7. The molecule has 0 fully saturated rings. The Balaban J connectivity index is 0.000000572. The normalized spacial score (nSPS) is 10.7. The number of hydrogen-bond donors (Lipinski definition) is 3. The molecule has 3 aromatic carbocycles. The maximum atomic E-state index is 12.4. The lowest BCUT2D eigenvalue weighted by Crippen LogP contribution is -2.21. The molecule has 0 spiro atoms. The Hall–Kier alpha value is -4.20. The van der Waals surface area contributed by atoms with Gasteiger partial charge >= 0.3 is 12.1 Å². The number of benzene rings is 3. The first-order chi connectivity index (χ1) is 17.0. The zero-order valence-corrected chi connectivity index (χ0v) is 19.3. The number of nitriles is 1. The van der Waals surface area contributed by atoms with Gasteiger partial charge in [0.25, 0.3) is 5.91 Å². The highest BCUT2D eigenvalue weighted by atomic mass is 19.4. The van der Waals surface area contributed by atoms with Crippen LogP contribution in [0, 0.1) is 11.3 Å². The van der Waals surface area contributed by atoms with E-state index in [1.807, 2.05) is 43.4 Å². The van der Waals surface area contributed by atoms with E-state index in [2.05, 4.69) is 28.4 Å². The molecule has 0 radical (unpaired) electrons. The molecule has 0 aliphatic heterocycles. The van der Waals surface area contributed by atoms with Crippen LogP contribution in [-0.2, 0) is 11.3 Å². The van der Waals surface area contributed by atoms with E-state index in [1.54, 1.807) is 24.3 Å². The summed E-state index contributed by atoms with van der Waals surface area (Å²) in [5.74, 6) is -3.00. The molecule has 0 saturated carbocycles. The number of alkyl halides is 3. The molecule has 0 saturated heterocycles. The third kappa shape index (κ3) is 8.87. The van der Waals surface area contributed by atoms with Gasteiger partial charge in [-0.25, -0.2) is 4.79 Å². The van der Waals surface area contributed by atoms with Crippen LogP contribution in [0.1, 0.15) is 21.5 Å². The van der Waals surface area contributed by atoms with Crippen LogP contribution < -0.4 is 5.32 Å². The van der Waals surface area contributed by atoms with Gasteiger partial charge in [0.2, 0.25) is 0 Å². The molecule has 0 atom stereocenters. The SMILES string of the molecule is CN(CCO)Cc1cccc(-c2ccc(NC(=O)c3cccc(C#N)c3)cc2)c1.O=C(O)C(F)(F)F. The first kappa shape index (κ1) is 28.0. The maximum Gasteiger partial charge on any atom is 0.490 e. The fourth-order valence-corrected chi connectivity index (χ4v) is 3.09. The molecule has 0 unspecified atom stereocenters. The third-order valence-corrected chi connectivity index (χ3v) is 4.83. The quantitative estimate of drug-likeness (QED) is 0.440. The molecule has 36 heavy (non-hydrogen) atoms. The van der Waals surface area contributed by atoms with Gasteiger partial charge in [-0.05, 0) is 60.1 Å². The van der Waals surface area contributed by atoms with Crippen LogP contribution in [0.15, 0.2) is 72.8 Å². The lowest BCUT2D eigenvalue weighted by molar-refractivity contribution is -0.192. The van der Waals surface area contributed by atoms with Crippen LogP contribution in [-0.4, -0.2) is 53.4 Å². The van der Waals surface area contributed by atoms with Gasteiger partial charge in [-0.1, -0.05) is 36.4 Å². The van der Waals surface area contributed by atoms with Crippen molar-refractivity contribution in [3.05, 3.63) is 89.5 Å². The van der Waals surface area contributed by atoms with Crippen molar-refractivity contribution in [3.8, 4) is 17.2 Å². The Kier molecular flexibility index (Phi) is 10.2. The fraction of sp³-hybridized carbons (Fsp3) is 0.192. The number of carboxylic acids is 1. The molecule has 0 aliphatic carbocycles. The lowest BCUT2D eigenvalue weighted by atomic mass is 10.0. The van der Waals surface area contributed by atoms with E-state index in [-0.39, 0.29) is 12.5 Å². The van der Waals surface area contributed by atoms with Gasteiger partial charge in [0.05, 0.1) is 18.2 Å². The summed E-state index contributed by atoms with van der Waals surface area (Å²) in [6.07, 6.45) is -5.08. The van der Waals surface area contributed by atoms with Crippen LogP contribution in [0.3, 0.4) is 0 Å². The van der Waals surface area contributed by atoms with Crippen molar-refractivity contribution in [1.82, 2.24) is 4.90 Å². The first-order valence-electron chi connectivity index (χ1n) is 10.6. The van der Waals surface area contributed by atoms with Gasteiger partial charge in [0.1, 0.15) is 0 Å². The minimum Gasteiger partial charge on any atom is -0.475 e. The lowest BCUT2D eigenvalue weighted by Gasteiger charge is -2.15. The van der Waals surface area contributed by atoms with Crippen molar-refractivity contribution in [2.75, 3.05) is 25.5 Å². The molecule has 3 N–H and O–H groups in total. The number of hydrogen-bond acceptors (Lipinski definition) is 5. The van der Waals surface area contributed by atoms with Crippen molar-refractivity contribution in [3.63, 3.8) is 0 Å². The van der Waals surface area contributed by atoms with Crippen molar-refractivity contribution >= 4 is 17.6 Å². The summed E-state index contributed by atoms with van der Waals surface area (Å²) in [5, 5.41) is 28.0. The van der Waals surface area contributed by atoms with Crippen LogP contribution in [0.25, 0.3) is 11.1 Å². The van der Waals surface area contributed by atoms with Gasteiger partial charge in [0, 0.05) is 24.3 Å². The summed E-state index contributed by atoms with van der Waals surface area (Å²) in [6, 6.07) is 24.6. The average Bonchev–Trinajstić information content (AvgIpc) is 2.84. The monoisotopic (exact) mass is 499 g/mol. The van der Waals surface area contributed by atoms with Crippen LogP contribution in [0.2, 0.25) is 0 Å². The molecule has 0 bridgehead atoms. The van der Waals surface area contributed by atoms with E-state index >= 15 is 0 Å². The van der Waals surface area contributed by atoms with Crippen LogP contribution >= 0.6 is 0 Å². The number of carbonyl (C=O) groups excluding carboxylic acids is 1. The van der Waals surface area contributed by atoms with Gasteiger partial charge < -0.3 is 15.5 Å². The number of nitrogens with zero attached hydrogens (tertiary/aromatic N) is 2. The summed E-state index contributed by atoms with van der Waals surface area (Å²) in [4.78, 5) is 23.4. The highest BCUT2D eigenvalue weighted by molar-refractivity contribution is 6.04. The second-order valence-corrected chi connectivity index (χ2v) is 7.69. The van der Waals surface area contributed by atoms with Crippen molar-refractivity contribution in [2.24, 2.45) is 0 Å². The molecule has 0 aliphatic rings. The number of likely N-dealkylation sites (N-methyl/N-ethyl adjacent to an activating group) is 1. The van der Waals surface area contributed by atoms with E-state index in [0.29, 0.717) is 23.4 Å². The highest BCUT2D eigenvalue weighted by Crippen LogP contribution is 2.23. The Bertz CT molecular complexity index is 1220. The van der Waals surface area contributed by atoms with Gasteiger partial charge in [-0.2, -0.15) is 18.4 Å². The number of aliphatic hydroxyl groups is 1. The Labute approximate surface area is 206 Å². The Morgan fingerprint density at radius 1 is 1.00 bits per heavy atom. The van der Waals surface area contributed by atoms with E-state index in [4.69, 9.17) is 20.3 Å². The molecule has 10 heteroatoms. The van der Waals surface area contributed by atoms with Crippen molar-refractivity contribution in [2.45, 2.75) is 12.7 Å². The number of amides is 1. The second-order valence-electron chi connectivity index (χ2n) is 7.69. The number of carboxylic acid groups (broad SMARTS) is 1. The number of rotatable bonds is 7. The van der Waals surface area contributed by atoms with Crippen molar-refractivity contribution < 1.29 is 33.0 Å². The number of aliphatic carboxylic acids is 1. The molecule has 3 aromatic rings. The average molecular weight is 499 g/mol. The fourth-order valence-electron chi connectivity index (χ4n) is 3.09. The first-order valence-corrected chi connectivity index (χ1v) is 10.6. The predicted molar refractivity (Wildman–Crippen MR) is 128 cm³/mol. The van der Waals surface area contributed by atoms with Gasteiger partial charge in [-0.15, -0.1) is 0 Å². The van der Waals surface area contributed by atoms with E-state index < -0.39 is 12.1 Å². The zero-order chi connectivity index (χ0) is 26.7.